The third kappa shape index (κ3) is 5.86. The van der Waals surface area contributed by atoms with E-state index in [-0.39, 0.29) is 27.8 Å². The Kier molecular flexibility index (Phi) is 8.98. The van der Waals surface area contributed by atoms with Crippen molar-refractivity contribution in [3.8, 4) is 11.5 Å². The van der Waals surface area contributed by atoms with Crippen LogP contribution >= 0.6 is 0 Å². The van der Waals surface area contributed by atoms with Gasteiger partial charge in [0.25, 0.3) is 17.7 Å². The second kappa shape index (κ2) is 12.6. The van der Waals surface area contributed by atoms with Gasteiger partial charge in [-0.3, -0.25) is 14.4 Å². The number of phenols is 1. The molecule has 0 spiro atoms. The number of carbonyl (C=O) groups excluding carboxylic acids is 3. The summed E-state index contributed by atoms with van der Waals surface area (Å²) in [5, 5.41) is 15.2. The van der Waals surface area contributed by atoms with Crippen molar-refractivity contribution < 1.29 is 24.2 Å². The number of nitrogens with one attached hydrogen (secondary N) is 1. The number of nitrogens with zero attached hydrogens (tertiary/aromatic N) is 1. The van der Waals surface area contributed by atoms with Crippen LogP contribution in [0.1, 0.15) is 116 Å². The smallest absolute Gasteiger partial charge is 0.266 e. The molecule has 0 saturated carbocycles. The van der Waals surface area contributed by atoms with Gasteiger partial charge >= 0.3 is 0 Å². The molecule has 0 aliphatic carbocycles. The Morgan fingerprint density at radius 2 is 1.41 bits per heavy atom. The van der Waals surface area contributed by atoms with Crippen molar-refractivity contribution in [3.05, 3.63) is 101 Å². The maximum absolute atomic E-state index is 14.0. The largest absolute Gasteiger partial charge is 0.506 e. The van der Waals surface area contributed by atoms with Crippen LogP contribution in [0.25, 0.3) is 10.8 Å². The fourth-order valence-electron chi connectivity index (χ4n) is 5.88. The number of carbonyl (C=O) groups is 3. The molecule has 0 aromatic heterocycles. The molecule has 3 amide bonds. The van der Waals surface area contributed by atoms with Gasteiger partial charge in [-0.2, -0.15) is 0 Å². The Hall–Kier alpha value is -4.65. The van der Waals surface area contributed by atoms with Crippen LogP contribution in [0.4, 0.5) is 5.69 Å². The van der Waals surface area contributed by atoms with E-state index in [4.69, 9.17) is 4.74 Å². The van der Waals surface area contributed by atoms with Gasteiger partial charge in [-0.25, -0.2) is 4.90 Å². The summed E-state index contributed by atoms with van der Waals surface area (Å²) in [5.74, 6) is -1.05. The molecule has 4 aromatic carbocycles. The van der Waals surface area contributed by atoms with Crippen molar-refractivity contribution in [2.75, 3.05) is 4.90 Å². The number of ether oxygens (including phenoxy) is 1. The molecule has 0 radical (unpaired) electrons. The van der Waals surface area contributed by atoms with Gasteiger partial charge in [0.2, 0.25) is 0 Å². The van der Waals surface area contributed by atoms with Gasteiger partial charge in [-0.15, -0.1) is 0 Å². The van der Waals surface area contributed by atoms with E-state index in [0.29, 0.717) is 34.1 Å². The van der Waals surface area contributed by atoms with E-state index < -0.39 is 23.9 Å². The van der Waals surface area contributed by atoms with Gasteiger partial charge in [0, 0.05) is 22.8 Å². The fraction of sp³-hybridized carbons (Fsp3) is 0.359. The van der Waals surface area contributed by atoms with E-state index in [2.05, 4.69) is 59.0 Å². The highest BCUT2D eigenvalue weighted by Crippen LogP contribution is 2.41. The van der Waals surface area contributed by atoms with Crippen molar-refractivity contribution in [2.24, 2.45) is 0 Å². The second-order valence-corrected chi connectivity index (χ2v) is 13.4. The molecular weight excluding hydrogens is 576 g/mol. The Balaban J connectivity index is 1.53. The molecule has 7 heteroatoms. The topological polar surface area (TPSA) is 95.9 Å². The lowest BCUT2D eigenvalue weighted by Gasteiger charge is -2.32. The molecule has 1 atom stereocenters. The van der Waals surface area contributed by atoms with E-state index in [1.807, 2.05) is 13.0 Å². The van der Waals surface area contributed by atoms with E-state index in [9.17, 15) is 19.5 Å². The monoisotopic (exact) mass is 620 g/mol. The molecule has 5 rings (SSSR count). The molecule has 7 nitrogen and oxygen atoms in total. The maximum atomic E-state index is 14.0. The number of rotatable bonds is 11. The number of hydrogen-bond acceptors (Lipinski definition) is 5. The van der Waals surface area contributed by atoms with Gasteiger partial charge in [0.15, 0.2) is 6.23 Å². The standard InChI is InChI=1S/C39H44N2O5/c1-8-15-33(46-32-21-20-24(38(4,5)9-2)22-30(32)39(6,7)10-3)40-35(43)29-23-31(25-16-11-12-17-26(25)34(29)42)41-36(44)27-18-13-14-19-28(27)37(41)45/h11-14,16-23,33,42H,8-10,15H2,1-7H3,(H,40,43). The lowest BCUT2D eigenvalue weighted by molar-refractivity contribution is 0.0805. The van der Waals surface area contributed by atoms with Crippen molar-refractivity contribution >= 4 is 34.2 Å². The third-order valence-electron chi connectivity index (χ3n) is 9.64. The van der Waals surface area contributed by atoms with E-state index >= 15 is 0 Å². The first-order valence-electron chi connectivity index (χ1n) is 16.2. The van der Waals surface area contributed by atoms with E-state index in [1.54, 1.807) is 48.5 Å². The molecule has 240 valence electrons. The average molecular weight is 621 g/mol. The summed E-state index contributed by atoms with van der Waals surface area (Å²) in [4.78, 5) is 41.9. The maximum Gasteiger partial charge on any atom is 0.266 e. The summed E-state index contributed by atoms with van der Waals surface area (Å²) in [6.45, 7) is 15.2. The van der Waals surface area contributed by atoms with Gasteiger partial charge in [-0.05, 0) is 53.5 Å². The zero-order valence-electron chi connectivity index (χ0n) is 27.9. The zero-order chi connectivity index (χ0) is 33.4. The summed E-state index contributed by atoms with van der Waals surface area (Å²) < 4.78 is 6.57. The Morgan fingerprint density at radius 3 is 2.00 bits per heavy atom. The van der Waals surface area contributed by atoms with Crippen LogP contribution in [-0.4, -0.2) is 29.1 Å². The normalized spacial score (nSPS) is 14.0. The number of phenolic OH excluding ortho intramolecular Hbond substituents is 1. The molecule has 46 heavy (non-hydrogen) atoms. The van der Waals surface area contributed by atoms with Gasteiger partial charge < -0.3 is 15.2 Å². The number of amides is 3. The summed E-state index contributed by atoms with van der Waals surface area (Å²) in [5.41, 5.74) is 2.91. The number of anilines is 1. The van der Waals surface area contributed by atoms with Gasteiger partial charge in [0.05, 0.1) is 22.4 Å². The summed E-state index contributed by atoms with van der Waals surface area (Å²) in [7, 11) is 0. The van der Waals surface area contributed by atoms with E-state index in [1.165, 1.54) is 11.6 Å². The minimum absolute atomic E-state index is 0.00106. The average Bonchev–Trinajstić information content (AvgIpc) is 3.30. The first-order chi connectivity index (χ1) is 21.8. The highest BCUT2D eigenvalue weighted by molar-refractivity contribution is 6.36. The molecule has 4 aromatic rings. The molecule has 2 N–H and O–H groups in total. The lowest BCUT2D eigenvalue weighted by Crippen LogP contribution is -2.39. The number of benzene rings is 4. The zero-order valence-corrected chi connectivity index (χ0v) is 27.9. The molecule has 1 heterocycles. The van der Waals surface area contributed by atoms with Crippen LogP contribution in [-0.2, 0) is 10.8 Å². The molecule has 1 unspecified atom stereocenters. The van der Waals surface area contributed by atoms with Crippen LogP contribution in [0.2, 0.25) is 0 Å². The van der Waals surface area contributed by atoms with Crippen molar-refractivity contribution in [1.82, 2.24) is 5.32 Å². The van der Waals surface area contributed by atoms with Crippen molar-refractivity contribution in [1.29, 1.82) is 0 Å². The van der Waals surface area contributed by atoms with Crippen LogP contribution in [0.15, 0.2) is 72.8 Å². The molecule has 1 aliphatic heterocycles. The lowest BCUT2D eigenvalue weighted by atomic mass is 9.76. The Morgan fingerprint density at radius 1 is 0.826 bits per heavy atom. The molecule has 1 aliphatic rings. The predicted octanol–water partition coefficient (Wildman–Crippen LogP) is 8.66. The summed E-state index contributed by atoms with van der Waals surface area (Å²) in [6, 6.07) is 21.3. The van der Waals surface area contributed by atoms with E-state index in [0.717, 1.165) is 29.7 Å². The second-order valence-electron chi connectivity index (χ2n) is 13.4. The number of imide groups is 1. The van der Waals surface area contributed by atoms with Crippen LogP contribution in [0.3, 0.4) is 0 Å². The highest BCUT2D eigenvalue weighted by atomic mass is 16.5. The minimum Gasteiger partial charge on any atom is -0.506 e. The molecule has 0 fully saturated rings. The van der Waals surface area contributed by atoms with Crippen LogP contribution < -0.4 is 15.0 Å². The summed E-state index contributed by atoms with van der Waals surface area (Å²) >= 11 is 0. The number of fused-ring (bicyclic) bond motifs is 2. The quantitative estimate of drug-likeness (QED) is 0.129. The Bertz CT molecular complexity index is 1790. The van der Waals surface area contributed by atoms with Crippen molar-refractivity contribution in [2.45, 2.75) is 91.2 Å². The number of aromatic hydroxyl groups is 1. The first kappa shape index (κ1) is 32.7. The molecular formula is C39H44N2O5. The fourth-order valence-corrected chi connectivity index (χ4v) is 5.88. The summed E-state index contributed by atoms with van der Waals surface area (Å²) in [6.07, 6.45) is 2.46. The molecule has 0 saturated heterocycles. The SMILES string of the molecule is CCCC(NC(=O)c1cc(N2C(=O)c3ccccc3C2=O)c2ccccc2c1O)Oc1ccc(C(C)(C)CC)cc1C(C)(C)CC. The van der Waals surface area contributed by atoms with Crippen LogP contribution in [0, 0.1) is 0 Å². The molecule has 0 bridgehead atoms. The predicted molar refractivity (Wildman–Crippen MR) is 183 cm³/mol. The minimum atomic E-state index is -0.692. The van der Waals surface area contributed by atoms with Gasteiger partial charge in [0.1, 0.15) is 11.5 Å². The van der Waals surface area contributed by atoms with Crippen molar-refractivity contribution in [3.63, 3.8) is 0 Å². The first-order valence-corrected chi connectivity index (χ1v) is 16.2. The Labute approximate surface area is 271 Å². The van der Waals surface area contributed by atoms with Gasteiger partial charge in [-0.1, -0.05) is 103 Å². The highest BCUT2D eigenvalue weighted by Gasteiger charge is 2.38. The number of hydrogen-bond donors (Lipinski definition) is 2. The van der Waals surface area contributed by atoms with Crippen LogP contribution in [0.5, 0.6) is 11.5 Å². The third-order valence-corrected chi connectivity index (χ3v) is 9.64.